The van der Waals surface area contributed by atoms with Gasteiger partial charge in [0.25, 0.3) is 0 Å². The number of dihydropyridines is 1. The number of allylic oxidation sites excluding steroid dienone is 1. The summed E-state index contributed by atoms with van der Waals surface area (Å²) in [4.78, 5) is 27.0. The summed E-state index contributed by atoms with van der Waals surface area (Å²) in [5.41, 5.74) is 5.78. The molecule has 2 aliphatic heterocycles. The van der Waals surface area contributed by atoms with Gasteiger partial charge in [-0.3, -0.25) is 0 Å². The van der Waals surface area contributed by atoms with Crippen molar-refractivity contribution in [3.8, 4) is 0 Å². The molecule has 2 aromatic rings. The number of thioether (sulfide) groups is 1. The highest BCUT2D eigenvalue weighted by Gasteiger charge is 2.42. The van der Waals surface area contributed by atoms with E-state index in [0.717, 1.165) is 34.8 Å². The molecule has 0 aromatic heterocycles. The van der Waals surface area contributed by atoms with E-state index in [0.29, 0.717) is 23.5 Å². The van der Waals surface area contributed by atoms with Gasteiger partial charge >= 0.3 is 11.9 Å². The summed E-state index contributed by atoms with van der Waals surface area (Å²) in [5, 5.41) is 3.22. The van der Waals surface area contributed by atoms with Gasteiger partial charge in [0.2, 0.25) is 0 Å². The molecule has 1 N–H and O–H groups in total. The number of unbranched alkanes of at least 4 members (excludes halogenated alkanes) is 1. The second kappa shape index (κ2) is 10.3. The van der Waals surface area contributed by atoms with Crippen molar-refractivity contribution >= 4 is 23.7 Å². The Morgan fingerprint density at radius 1 is 1.15 bits per heavy atom. The number of carbonyl (C=O) groups excluding carboxylic acids is 2. The summed E-state index contributed by atoms with van der Waals surface area (Å²) in [7, 11) is 0. The van der Waals surface area contributed by atoms with E-state index in [1.54, 1.807) is 11.8 Å². The molecule has 0 fully saturated rings. The van der Waals surface area contributed by atoms with Gasteiger partial charge in [-0.1, -0.05) is 61.4 Å². The Hall–Kier alpha value is -2.99. The van der Waals surface area contributed by atoms with Gasteiger partial charge in [-0.25, -0.2) is 9.59 Å². The predicted molar refractivity (Wildman–Crippen MR) is 130 cm³/mol. The third-order valence-corrected chi connectivity index (χ3v) is 7.07. The number of cyclic esters (lactones) is 1. The normalized spacial score (nSPS) is 17.5. The zero-order valence-corrected chi connectivity index (χ0v) is 20.1. The molecule has 0 saturated carbocycles. The molecule has 1 unspecified atom stereocenters. The van der Waals surface area contributed by atoms with Crippen molar-refractivity contribution in [1.82, 2.24) is 5.32 Å². The quantitative estimate of drug-likeness (QED) is 0.321. The lowest BCUT2D eigenvalue weighted by Crippen LogP contribution is -2.30. The van der Waals surface area contributed by atoms with E-state index in [-0.39, 0.29) is 18.5 Å². The van der Waals surface area contributed by atoms with E-state index >= 15 is 0 Å². The Labute approximate surface area is 199 Å². The molecule has 0 radical (unpaired) electrons. The second-order valence-corrected chi connectivity index (χ2v) is 9.38. The molecular weight excluding hydrogens is 434 g/mol. The zero-order valence-electron chi connectivity index (χ0n) is 19.3. The zero-order chi connectivity index (χ0) is 23.4. The lowest BCUT2D eigenvalue weighted by molar-refractivity contribution is -0.139. The number of hydrogen-bond acceptors (Lipinski definition) is 6. The first-order valence-electron chi connectivity index (χ1n) is 11.3. The SMILES string of the molecule is CCCCOC(=O)C1=C(C)NC2=C(C(=O)OC2)C1c1ccccc1SCc1ccc(C)cc1. The molecule has 5 nitrogen and oxygen atoms in total. The van der Waals surface area contributed by atoms with Crippen molar-refractivity contribution < 1.29 is 19.1 Å². The number of hydrogen-bond donors (Lipinski definition) is 1. The van der Waals surface area contributed by atoms with Crippen LogP contribution in [0, 0.1) is 6.92 Å². The minimum atomic E-state index is -0.521. The van der Waals surface area contributed by atoms with Crippen LogP contribution in [0.25, 0.3) is 0 Å². The van der Waals surface area contributed by atoms with E-state index in [4.69, 9.17) is 9.47 Å². The molecule has 0 aliphatic carbocycles. The molecule has 2 aromatic carbocycles. The van der Waals surface area contributed by atoms with Crippen molar-refractivity contribution in [1.29, 1.82) is 0 Å². The lowest BCUT2D eigenvalue weighted by atomic mass is 9.81. The van der Waals surface area contributed by atoms with Crippen LogP contribution in [0.3, 0.4) is 0 Å². The molecule has 6 heteroatoms. The molecule has 0 bridgehead atoms. The van der Waals surface area contributed by atoms with Crippen LogP contribution in [0.4, 0.5) is 0 Å². The molecule has 172 valence electrons. The van der Waals surface area contributed by atoms with Gasteiger partial charge < -0.3 is 14.8 Å². The monoisotopic (exact) mass is 463 g/mol. The van der Waals surface area contributed by atoms with Crippen LogP contribution < -0.4 is 5.32 Å². The molecule has 4 rings (SSSR count). The van der Waals surface area contributed by atoms with E-state index < -0.39 is 5.92 Å². The average molecular weight is 464 g/mol. The number of esters is 2. The largest absolute Gasteiger partial charge is 0.462 e. The fourth-order valence-corrected chi connectivity index (χ4v) is 5.17. The molecule has 2 heterocycles. The summed E-state index contributed by atoms with van der Waals surface area (Å²) in [5.74, 6) is -0.500. The maximum Gasteiger partial charge on any atom is 0.337 e. The maximum atomic E-state index is 13.2. The smallest absolute Gasteiger partial charge is 0.337 e. The molecule has 0 spiro atoms. The van der Waals surface area contributed by atoms with Gasteiger partial charge in [0.15, 0.2) is 0 Å². The van der Waals surface area contributed by atoms with Gasteiger partial charge in [-0.05, 0) is 37.5 Å². The first-order chi connectivity index (χ1) is 16.0. The molecule has 1 atom stereocenters. The molecule has 33 heavy (non-hydrogen) atoms. The predicted octanol–water partition coefficient (Wildman–Crippen LogP) is 5.40. The van der Waals surface area contributed by atoms with Gasteiger partial charge in [0.1, 0.15) is 6.61 Å². The first kappa shape index (κ1) is 23.2. The van der Waals surface area contributed by atoms with Crippen LogP contribution in [0.2, 0.25) is 0 Å². The van der Waals surface area contributed by atoms with Gasteiger partial charge in [0.05, 0.1) is 29.4 Å². The molecule has 0 amide bonds. The van der Waals surface area contributed by atoms with Crippen LogP contribution in [0.1, 0.15) is 49.3 Å². The van der Waals surface area contributed by atoms with E-state index in [1.165, 1.54) is 11.1 Å². The number of benzene rings is 2. The van der Waals surface area contributed by atoms with E-state index in [1.807, 2.05) is 31.2 Å². The van der Waals surface area contributed by atoms with Crippen molar-refractivity contribution in [2.24, 2.45) is 0 Å². The van der Waals surface area contributed by atoms with Crippen LogP contribution >= 0.6 is 11.8 Å². The van der Waals surface area contributed by atoms with Crippen molar-refractivity contribution in [3.05, 3.63) is 87.8 Å². The fraction of sp³-hybridized carbons (Fsp3) is 0.333. The Morgan fingerprint density at radius 2 is 1.91 bits per heavy atom. The summed E-state index contributed by atoms with van der Waals surface area (Å²) in [6.45, 7) is 6.54. The molecule has 0 saturated heterocycles. The summed E-state index contributed by atoms with van der Waals surface area (Å²) >= 11 is 1.70. The molecule has 2 aliphatic rings. The Balaban J connectivity index is 1.70. The third-order valence-electron chi connectivity index (χ3n) is 5.91. The van der Waals surface area contributed by atoms with E-state index in [2.05, 4.69) is 43.4 Å². The fourth-order valence-electron chi connectivity index (χ4n) is 4.13. The number of rotatable bonds is 8. The number of carbonyl (C=O) groups is 2. The van der Waals surface area contributed by atoms with Gasteiger partial charge in [0, 0.05) is 16.3 Å². The highest BCUT2D eigenvalue weighted by atomic mass is 32.2. The van der Waals surface area contributed by atoms with Gasteiger partial charge in [-0.15, -0.1) is 11.8 Å². The van der Waals surface area contributed by atoms with Crippen LogP contribution in [-0.4, -0.2) is 25.2 Å². The van der Waals surface area contributed by atoms with Crippen LogP contribution in [-0.2, 0) is 24.8 Å². The Bertz CT molecular complexity index is 1120. The standard InChI is InChI=1S/C27H29NO4S/c1-4-5-14-31-26(29)23-18(3)28-21-15-32-27(30)25(21)24(23)20-8-6-7-9-22(20)33-16-19-12-10-17(2)11-13-19/h6-13,24,28H,4-5,14-16H2,1-3H3. The number of ether oxygens (including phenoxy) is 2. The Kier molecular flexibility index (Phi) is 7.23. The van der Waals surface area contributed by atoms with Crippen molar-refractivity contribution in [2.75, 3.05) is 13.2 Å². The maximum absolute atomic E-state index is 13.2. The summed E-state index contributed by atoms with van der Waals surface area (Å²) in [6, 6.07) is 16.5. The second-order valence-electron chi connectivity index (χ2n) is 8.37. The van der Waals surface area contributed by atoms with Crippen molar-refractivity contribution in [2.45, 2.75) is 50.2 Å². The van der Waals surface area contributed by atoms with Crippen molar-refractivity contribution in [3.63, 3.8) is 0 Å². The van der Waals surface area contributed by atoms with Gasteiger partial charge in [-0.2, -0.15) is 0 Å². The minimum Gasteiger partial charge on any atom is -0.462 e. The number of nitrogens with one attached hydrogen (secondary N) is 1. The lowest BCUT2D eigenvalue weighted by Gasteiger charge is -2.29. The molecular formula is C27H29NO4S. The summed E-state index contributed by atoms with van der Waals surface area (Å²) in [6.07, 6.45) is 1.74. The summed E-state index contributed by atoms with van der Waals surface area (Å²) < 4.78 is 10.9. The third kappa shape index (κ3) is 5.01. The van der Waals surface area contributed by atoms with E-state index in [9.17, 15) is 9.59 Å². The first-order valence-corrected chi connectivity index (χ1v) is 12.3. The number of aryl methyl sites for hydroxylation is 1. The average Bonchev–Trinajstić information content (AvgIpc) is 3.18. The minimum absolute atomic E-state index is 0.193. The highest BCUT2D eigenvalue weighted by molar-refractivity contribution is 7.98. The Morgan fingerprint density at radius 3 is 2.67 bits per heavy atom. The highest BCUT2D eigenvalue weighted by Crippen LogP contribution is 2.44. The van der Waals surface area contributed by atoms with Crippen LogP contribution in [0.15, 0.2) is 76.0 Å². The van der Waals surface area contributed by atoms with Crippen LogP contribution in [0.5, 0.6) is 0 Å². The topological polar surface area (TPSA) is 64.6 Å².